The maximum atomic E-state index is 11.3. The number of carboxylic acids is 1. The summed E-state index contributed by atoms with van der Waals surface area (Å²) in [6, 6.07) is 0. The fraction of sp³-hybridized carbons (Fsp3) is 0.800. The number of allylic oxidation sites excluding steroid dienone is 1. The van der Waals surface area contributed by atoms with Gasteiger partial charge in [-0.05, 0) is 50.4 Å². The average molecular weight is 268 g/mol. The van der Waals surface area contributed by atoms with Crippen LogP contribution in [0.1, 0.15) is 46.5 Å². The van der Waals surface area contributed by atoms with Gasteiger partial charge in [-0.3, -0.25) is 10.1 Å². The van der Waals surface area contributed by atoms with E-state index in [-0.39, 0.29) is 11.8 Å². The van der Waals surface area contributed by atoms with Crippen LogP contribution in [0.3, 0.4) is 0 Å². The Labute approximate surface area is 114 Å². The molecule has 2 aliphatic rings. The molecule has 0 aromatic heterocycles. The van der Waals surface area contributed by atoms with Gasteiger partial charge < -0.3 is 5.11 Å². The van der Waals surface area contributed by atoms with Gasteiger partial charge in [0.05, 0.1) is 5.92 Å². The van der Waals surface area contributed by atoms with Crippen LogP contribution < -0.4 is 0 Å². The molecule has 0 amide bonds. The number of carboxylic acid groups (broad SMARTS) is 1. The van der Waals surface area contributed by atoms with Gasteiger partial charge in [0.15, 0.2) is 0 Å². The lowest BCUT2D eigenvalue weighted by Crippen LogP contribution is -2.39. The number of hydrogen-bond donors (Lipinski definition) is 2. The van der Waals surface area contributed by atoms with Gasteiger partial charge >= 0.3 is 5.97 Å². The van der Waals surface area contributed by atoms with Crippen LogP contribution in [0.2, 0.25) is 0 Å². The van der Waals surface area contributed by atoms with Crippen LogP contribution in [0.5, 0.6) is 0 Å². The van der Waals surface area contributed by atoms with E-state index >= 15 is 0 Å². The highest BCUT2D eigenvalue weighted by molar-refractivity contribution is 5.70. The maximum absolute atomic E-state index is 11.3. The van der Waals surface area contributed by atoms with E-state index in [9.17, 15) is 9.90 Å². The zero-order valence-electron chi connectivity index (χ0n) is 11.9. The maximum Gasteiger partial charge on any atom is 0.306 e. The number of hydrogen-bond acceptors (Lipinski definition) is 3. The first kappa shape index (κ1) is 14.5. The lowest BCUT2D eigenvalue weighted by Gasteiger charge is -2.44. The molecule has 0 aliphatic heterocycles. The zero-order chi connectivity index (χ0) is 14.2. The van der Waals surface area contributed by atoms with Crippen molar-refractivity contribution in [2.45, 2.75) is 52.1 Å². The summed E-state index contributed by atoms with van der Waals surface area (Å²) >= 11 is 0. The molecule has 4 nitrogen and oxygen atoms in total. The van der Waals surface area contributed by atoms with E-state index < -0.39 is 11.6 Å². The van der Waals surface area contributed by atoms with Gasteiger partial charge in [0.2, 0.25) is 0 Å². The van der Waals surface area contributed by atoms with Crippen molar-refractivity contribution in [2.24, 2.45) is 23.7 Å². The van der Waals surface area contributed by atoms with Crippen molar-refractivity contribution in [1.82, 2.24) is 0 Å². The molecule has 0 aromatic carbocycles. The topological polar surface area (TPSA) is 66.8 Å². The normalized spacial score (nSPS) is 40.2. The molecule has 5 atom stereocenters. The number of fused-ring (bicyclic) bond motifs is 1. The monoisotopic (exact) mass is 268 g/mol. The van der Waals surface area contributed by atoms with Crippen LogP contribution in [0.25, 0.3) is 0 Å². The third kappa shape index (κ3) is 2.70. The average Bonchev–Trinajstić information content (AvgIpc) is 2.38. The molecule has 0 spiro atoms. The predicted molar refractivity (Wildman–Crippen MR) is 71.6 cm³/mol. The second-order valence-corrected chi connectivity index (χ2v) is 6.48. The summed E-state index contributed by atoms with van der Waals surface area (Å²) in [6.45, 7) is 5.88. The van der Waals surface area contributed by atoms with Gasteiger partial charge in [0.25, 0.3) is 0 Å². The first-order valence-corrected chi connectivity index (χ1v) is 7.16. The van der Waals surface area contributed by atoms with Gasteiger partial charge in [-0.1, -0.05) is 25.5 Å². The fourth-order valence-electron chi connectivity index (χ4n) is 3.73. The molecule has 0 saturated heterocycles. The van der Waals surface area contributed by atoms with E-state index in [2.05, 4.69) is 11.8 Å². The van der Waals surface area contributed by atoms with Crippen molar-refractivity contribution < 1.29 is 20.0 Å². The molecular weight excluding hydrogens is 244 g/mol. The Balaban J connectivity index is 2.33. The fourth-order valence-corrected chi connectivity index (χ4v) is 3.73. The van der Waals surface area contributed by atoms with Gasteiger partial charge in [-0.15, -0.1) is 0 Å². The van der Waals surface area contributed by atoms with Gasteiger partial charge in [-0.2, -0.15) is 0 Å². The standard InChI is InChI=1S/C15H24O4/c1-9-4-5-12(10(2)14(16)17)13-8-15(3,19-18)7-6-11(9)13/h8-12,18H,4-7H2,1-3H3,(H,16,17)/t9-,10-,11?,12+,15-/m1/s1. The Morgan fingerprint density at radius 1 is 1.47 bits per heavy atom. The van der Waals surface area contributed by atoms with Crippen LogP contribution in [-0.4, -0.2) is 21.9 Å². The van der Waals surface area contributed by atoms with Crippen LogP contribution >= 0.6 is 0 Å². The quantitative estimate of drug-likeness (QED) is 0.468. The summed E-state index contributed by atoms with van der Waals surface area (Å²) in [6.07, 6.45) is 5.74. The highest BCUT2D eigenvalue weighted by Crippen LogP contribution is 2.48. The second-order valence-electron chi connectivity index (χ2n) is 6.48. The van der Waals surface area contributed by atoms with Crippen LogP contribution in [0.4, 0.5) is 0 Å². The third-order valence-corrected chi connectivity index (χ3v) is 5.10. The Kier molecular flexibility index (Phi) is 4.02. The van der Waals surface area contributed by atoms with E-state index in [1.807, 2.05) is 13.0 Å². The first-order valence-electron chi connectivity index (χ1n) is 7.16. The molecule has 1 saturated carbocycles. The first-order chi connectivity index (χ1) is 8.88. The highest BCUT2D eigenvalue weighted by atomic mass is 17.1. The minimum absolute atomic E-state index is 0.0773. The molecule has 2 aliphatic carbocycles. The lowest BCUT2D eigenvalue weighted by atomic mass is 9.62. The van der Waals surface area contributed by atoms with Crippen LogP contribution in [-0.2, 0) is 9.68 Å². The summed E-state index contributed by atoms with van der Waals surface area (Å²) in [5.74, 6) is 0.00248. The zero-order valence-corrected chi connectivity index (χ0v) is 11.9. The van der Waals surface area contributed by atoms with E-state index in [4.69, 9.17) is 5.26 Å². The molecule has 108 valence electrons. The molecule has 0 bridgehead atoms. The molecular formula is C15H24O4. The summed E-state index contributed by atoms with van der Waals surface area (Å²) in [7, 11) is 0. The van der Waals surface area contributed by atoms with Gasteiger partial charge in [-0.25, -0.2) is 4.89 Å². The smallest absolute Gasteiger partial charge is 0.306 e. The van der Waals surface area contributed by atoms with E-state index in [1.165, 1.54) is 5.57 Å². The van der Waals surface area contributed by atoms with E-state index in [0.717, 1.165) is 25.7 Å². The Bertz CT molecular complexity index is 390. The molecule has 2 N–H and O–H groups in total. The van der Waals surface area contributed by atoms with Crippen molar-refractivity contribution >= 4 is 5.97 Å². The molecule has 1 fully saturated rings. The summed E-state index contributed by atoms with van der Waals surface area (Å²) < 4.78 is 0. The molecule has 1 unspecified atom stereocenters. The Morgan fingerprint density at radius 3 is 2.74 bits per heavy atom. The van der Waals surface area contributed by atoms with E-state index in [0.29, 0.717) is 11.8 Å². The van der Waals surface area contributed by atoms with Crippen molar-refractivity contribution in [3.8, 4) is 0 Å². The second kappa shape index (κ2) is 5.25. The number of rotatable bonds is 3. The van der Waals surface area contributed by atoms with Crippen molar-refractivity contribution in [2.75, 3.05) is 0 Å². The minimum atomic E-state index is -0.739. The van der Waals surface area contributed by atoms with Gasteiger partial charge in [0.1, 0.15) is 5.60 Å². The van der Waals surface area contributed by atoms with Crippen molar-refractivity contribution in [3.05, 3.63) is 11.6 Å². The molecule has 2 rings (SSSR count). The van der Waals surface area contributed by atoms with Crippen molar-refractivity contribution in [3.63, 3.8) is 0 Å². The SMILES string of the molecule is C[C@@H]1CC[C@@H]([C@@H](C)C(=O)O)C2=C[C@](C)(OO)CCC21. The molecule has 4 heteroatoms. The molecule has 0 aromatic rings. The van der Waals surface area contributed by atoms with Crippen LogP contribution in [0, 0.1) is 23.7 Å². The van der Waals surface area contributed by atoms with Gasteiger partial charge in [0, 0.05) is 0 Å². The molecule has 0 heterocycles. The summed E-state index contributed by atoms with van der Waals surface area (Å²) in [4.78, 5) is 15.9. The number of carbonyl (C=O) groups is 1. The lowest BCUT2D eigenvalue weighted by molar-refractivity contribution is -0.306. The molecule has 19 heavy (non-hydrogen) atoms. The Morgan fingerprint density at radius 2 is 2.16 bits per heavy atom. The minimum Gasteiger partial charge on any atom is -0.481 e. The predicted octanol–water partition coefficient (Wildman–Crippen LogP) is 3.34. The number of aliphatic carboxylic acids is 1. The largest absolute Gasteiger partial charge is 0.481 e. The van der Waals surface area contributed by atoms with E-state index in [1.54, 1.807) is 6.92 Å². The van der Waals surface area contributed by atoms with Crippen molar-refractivity contribution in [1.29, 1.82) is 0 Å². The third-order valence-electron chi connectivity index (χ3n) is 5.10. The Hall–Kier alpha value is -0.870. The van der Waals surface area contributed by atoms with Crippen LogP contribution in [0.15, 0.2) is 11.6 Å². The molecule has 0 radical (unpaired) electrons. The highest BCUT2D eigenvalue weighted by Gasteiger charge is 2.42. The summed E-state index contributed by atoms with van der Waals surface area (Å²) in [5, 5.41) is 18.3. The summed E-state index contributed by atoms with van der Waals surface area (Å²) in [5.41, 5.74) is 0.538.